The van der Waals surface area contributed by atoms with Crippen LogP contribution in [0, 0.1) is 0 Å². The van der Waals surface area contributed by atoms with Crippen molar-refractivity contribution < 1.29 is 28.5 Å². The summed E-state index contributed by atoms with van der Waals surface area (Å²) in [6.45, 7) is 0. The molecule has 48 valence electrons. The first-order valence-electron chi connectivity index (χ1n) is 0.667. The molecule has 6 nitrogen and oxygen atoms in total. The fraction of sp³-hybridized carbons (Fsp3) is 0. The molecule has 0 aliphatic rings. The monoisotopic (exact) mass is 235 g/mol. The Kier molecular flexibility index (Phi) is 68.5. The summed E-state index contributed by atoms with van der Waals surface area (Å²) < 4.78 is 34.1. The van der Waals surface area contributed by atoms with Gasteiger partial charge in [0.15, 0.2) is 0 Å². The smallest absolute Gasteiger partial charge is 2.00 e. The van der Waals surface area contributed by atoms with Crippen molar-refractivity contribution in [1.82, 2.24) is 0 Å². The second-order valence-electron chi connectivity index (χ2n) is 0.408. The van der Waals surface area contributed by atoms with Gasteiger partial charge in [-0.25, -0.2) is 0 Å². The van der Waals surface area contributed by atoms with Gasteiger partial charge in [-0.2, -0.15) is 0 Å². The van der Waals surface area contributed by atoms with E-state index in [-0.39, 0.29) is 104 Å². The first-order chi connectivity index (χ1) is 2.00. The molecule has 0 amide bonds. The topological polar surface area (TPSA) is 137 Å². The zero-order chi connectivity index (χ0) is 4.50. The predicted octanol–water partition coefficient (Wildman–Crippen LogP) is -2.72. The quantitative estimate of drug-likeness (QED) is 0.256. The van der Waals surface area contributed by atoms with E-state index in [9.17, 15) is 0 Å². The second-order valence-corrected chi connectivity index (χ2v) is 1.22. The van der Waals surface area contributed by atoms with E-state index in [1.54, 1.807) is 0 Å². The first-order valence-corrected chi connectivity index (χ1v) is 2.00. The predicted molar refractivity (Wildman–Crippen MR) is 29.1 cm³/mol. The number of rotatable bonds is 0. The molecule has 0 saturated heterocycles. The van der Waals surface area contributed by atoms with Gasteiger partial charge in [0.25, 0.3) is 0 Å². The van der Waals surface area contributed by atoms with Crippen molar-refractivity contribution in [2.75, 3.05) is 0 Å². The molecular weight excluding hydrogens is 235 g/mol. The average Bonchev–Trinajstić information content (AvgIpc) is 0.722. The van der Waals surface area contributed by atoms with Gasteiger partial charge in [0.2, 0.25) is 0 Å². The van der Waals surface area contributed by atoms with Gasteiger partial charge in [0.1, 0.15) is 0 Å². The van der Waals surface area contributed by atoms with Gasteiger partial charge in [-0.1, -0.05) is 0 Å². The number of hydrogen-bond acceptors (Lipinski definition) is 4. The maximum Gasteiger partial charge on any atom is 3.00 e. The Hall–Kier alpha value is 2.84. The van der Waals surface area contributed by atoms with Crippen molar-refractivity contribution in [2.45, 2.75) is 0 Å². The molecule has 0 aliphatic carbocycles. The van der Waals surface area contributed by atoms with Crippen LogP contribution in [0.3, 0.4) is 0 Å². The van der Waals surface area contributed by atoms with E-state index in [0.717, 1.165) is 0 Å². The molecule has 0 heterocycles. The van der Waals surface area contributed by atoms with Gasteiger partial charge in [-0.15, -0.1) is 0 Å². The molecule has 0 bridgehead atoms. The molecule has 0 rings (SSSR count). The third-order valence-electron chi connectivity index (χ3n) is 0. The fourth-order valence-electron chi connectivity index (χ4n) is 0. The van der Waals surface area contributed by atoms with E-state index in [1.165, 1.54) is 0 Å². The Morgan fingerprint density at radius 1 is 0.900 bits per heavy atom. The van der Waals surface area contributed by atoms with Crippen LogP contribution in [-0.2, 0) is 21.4 Å². The van der Waals surface area contributed by atoms with E-state index in [0.29, 0.717) is 0 Å². The summed E-state index contributed by atoms with van der Waals surface area (Å²) in [5.74, 6) is 0. The third-order valence-corrected chi connectivity index (χ3v) is 0. The Labute approximate surface area is 129 Å². The summed E-state index contributed by atoms with van der Waals surface area (Å²) in [5.41, 5.74) is 0. The van der Waals surface area contributed by atoms with Crippen molar-refractivity contribution in [2.24, 2.45) is 0 Å². The van der Waals surface area contributed by atoms with E-state index in [4.69, 9.17) is 17.5 Å². The Morgan fingerprint density at radius 2 is 0.900 bits per heavy atom. The molecular formula is AlCa2O6S+. The molecule has 0 aromatic rings. The summed E-state index contributed by atoms with van der Waals surface area (Å²) in [6.07, 6.45) is 0. The third kappa shape index (κ3) is 130. The van der Waals surface area contributed by atoms with E-state index < -0.39 is 10.4 Å². The zero-order valence-corrected chi connectivity index (χ0v) is 11.2. The van der Waals surface area contributed by atoms with Crippen LogP contribution in [0.2, 0.25) is 0 Å². The van der Waals surface area contributed by atoms with Crippen molar-refractivity contribution >= 4 is 103 Å². The van der Waals surface area contributed by atoms with Crippen molar-refractivity contribution in [3.63, 3.8) is 0 Å². The van der Waals surface area contributed by atoms with Gasteiger partial charge in [-0.05, 0) is 0 Å². The number of hydrogen-bond donors (Lipinski definition) is 0. The standard InChI is InChI=1S/Al.2Ca.H2O4S.2O/c;;;1-5(2,3)4;;/h;;;(H2,1,2,3,4);;/q+3;2*+2;;2*-2/p-2. The second kappa shape index (κ2) is 17.8. The van der Waals surface area contributed by atoms with Crippen LogP contribution in [0.1, 0.15) is 0 Å². The molecule has 0 saturated carbocycles. The van der Waals surface area contributed by atoms with Gasteiger partial charge >= 0.3 is 92.8 Å². The molecule has 0 radical (unpaired) electrons. The van der Waals surface area contributed by atoms with E-state index >= 15 is 0 Å². The molecule has 0 atom stereocenters. The van der Waals surface area contributed by atoms with Crippen LogP contribution in [0.4, 0.5) is 0 Å². The molecule has 0 aromatic heterocycles. The van der Waals surface area contributed by atoms with Crippen molar-refractivity contribution in [3.8, 4) is 0 Å². The van der Waals surface area contributed by atoms with Gasteiger partial charge in [0.05, 0.1) is 0 Å². The van der Waals surface area contributed by atoms with Crippen LogP contribution < -0.4 is 0 Å². The Morgan fingerprint density at radius 3 is 0.900 bits per heavy atom. The molecule has 0 spiro atoms. The molecule has 10 heavy (non-hydrogen) atoms. The van der Waals surface area contributed by atoms with Crippen LogP contribution in [0.25, 0.3) is 0 Å². The average molecular weight is 235 g/mol. The largest absolute Gasteiger partial charge is 3.00 e. The van der Waals surface area contributed by atoms with Crippen molar-refractivity contribution in [3.05, 3.63) is 0 Å². The minimum atomic E-state index is -5.17. The maximum atomic E-state index is 8.52. The molecule has 0 fully saturated rings. The van der Waals surface area contributed by atoms with Crippen LogP contribution in [-0.4, -0.2) is 110 Å². The summed E-state index contributed by atoms with van der Waals surface area (Å²) in [7, 11) is -5.17. The zero-order valence-electron chi connectivity index (χ0n) is 4.85. The van der Waals surface area contributed by atoms with Gasteiger partial charge < -0.3 is 20.1 Å². The molecule has 0 aliphatic heterocycles. The fourth-order valence-corrected chi connectivity index (χ4v) is 0. The van der Waals surface area contributed by atoms with Crippen LogP contribution in [0.15, 0.2) is 0 Å². The minimum Gasteiger partial charge on any atom is -2.00 e. The Bertz CT molecular complexity index is 98.9. The van der Waals surface area contributed by atoms with Gasteiger partial charge in [0, 0.05) is 10.4 Å². The van der Waals surface area contributed by atoms with E-state index in [1.807, 2.05) is 0 Å². The Balaban J connectivity index is -0.00000000800. The summed E-state index contributed by atoms with van der Waals surface area (Å²) in [5, 5.41) is 0. The molecule has 0 aromatic carbocycles. The van der Waals surface area contributed by atoms with Crippen molar-refractivity contribution in [1.29, 1.82) is 0 Å². The van der Waals surface area contributed by atoms with Gasteiger partial charge in [-0.3, -0.25) is 8.42 Å². The van der Waals surface area contributed by atoms with Crippen LogP contribution >= 0.6 is 0 Å². The normalized spacial score (nSPS) is 5.80. The molecule has 0 N–H and O–H groups in total. The SMILES string of the molecule is O=S(=O)([O-])[O-].[Al+3].[Ca+2].[Ca+2].[O-2].[O-2]. The summed E-state index contributed by atoms with van der Waals surface area (Å²) >= 11 is 0. The molecule has 0 unspecified atom stereocenters. The maximum absolute atomic E-state index is 8.52. The summed E-state index contributed by atoms with van der Waals surface area (Å²) in [6, 6.07) is 0. The molecule has 10 heteroatoms. The summed E-state index contributed by atoms with van der Waals surface area (Å²) in [4.78, 5) is 0. The van der Waals surface area contributed by atoms with Crippen LogP contribution in [0.5, 0.6) is 0 Å². The van der Waals surface area contributed by atoms with E-state index in [2.05, 4.69) is 0 Å². The first kappa shape index (κ1) is 38.5. The minimum absolute atomic E-state index is 0.